The van der Waals surface area contributed by atoms with Crippen molar-refractivity contribution in [1.82, 2.24) is 29.5 Å². The summed E-state index contributed by atoms with van der Waals surface area (Å²) in [5.41, 5.74) is 10.3. The molecule has 0 aliphatic carbocycles. The molecule has 4 heterocycles. The average molecular weight is 1060 g/mol. The number of anilines is 6. The summed E-state index contributed by atoms with van der Waals surface area (Å²) < 4.78 is 2.05. The van der Waals surface area contributed by atoms with Crippen LogP contribution < -0.4 is 9.80 Å². The molecule has 298 valence electrons. The Balaban J connectivity index is 0.00000257. The van der Waals surface area contributed by atoms with E-state index in [9.17, 15) is 0 Å². The van der Waals surface area contributed by atoms with Gasteiger partial charge in [0.25, 0.3) is 0 Å². The van der Waals surface area contributed by atoms with Crippen LogP contribution in [0.5, 0.6) is 0 Å². The first-order valence-corrected chi connectivity index (χ1v) is 19.3. The Morgan fingerprint density at radius 1 is 0.426 bits per heavy atom. The normalized spacial score (nSPS) is 10.9. The van der Waals surface area contributed by atoms with E-state index in [1.54, 1.807) is 12.4 Å². The van der Waals surface area contributed by atoms with Crippen molar-refractivity contribution in [3.05, 3.63) is 206 Å². The molecule has 10 aromatic rings. The van der Waals surface area contributed by atoms with Gasteiger partial charge in [0, 0.05) is 23.8 Å². The summed E-state index contributed by atoms with van der Waals surface area (Å²) in [6, 6.07) is 68.0. The number of benzene rings is 6. The fourth-order valence-electron chi connectivity index (χ4n) is 7.49. The van der Waals surface area contributed by atoms with E-state index < -0.39 is 0 Å². The van der Waals surface area contributed by atoms with Crippen LogP contribution in [0.15, 0.2) is 170 Å². The Bertz CT molecular complexity index is 2890. The monoisotopic (exact) mass is 1060 g/mol. The number of aromatic nitrogens is 6. The maximum atomic E-state index is 4.90. The molecule has 0 saturated carbocycles. The Morgan fingerprint density at radius 3 is 1.28 bits per heavy atom. The topological polar surface area (TPSA) is 75.9 Å². The van der Waals surface area contributed by atoms with Gasteiger partial charge < -0.3 is 24.3 Å². The molecule has 8 nitrogen and oxygen atoms in total. The van der Waals surface area contributed by atoms with E-state index >= 15 is 0 Å². The summed E-state index contributed by atoms with van der Waals surface area (Å²) in [5, 5.41) is 1.97. The predicted molar refractivity (Wildman–Crippen MR) is 235 cm³/mol. The average Bonchev–Trinajstić information content (AvgIpc) is 3.61. The number of rotatable bonds is 9. The zero-order valence-corrected chi connectivity index (χ0v) is 36.7. The molecule has 0 unspecified atom stereocenters. The van der Waals surface area contributed by atoms with Crippen LogP contribution in [0.1, 0.15) is 11.6 Å². The molecule has 0 amide bonds. The first kappa shape index (κ1) is 41.1. The number of fused-ring (bicyclic) bond motifs is 3. The molecule has 10 heteroatoms. The maximum Gasteiger partial charge on any atom is 2.00 e. The van der Waals surface area contributed by atoms with E-state index in [0.29, 0.717) is 17.6 Å². The van der Waals surface area contributed by atoms with Gasteiger partial charge in [-0.2, -0.15) is 32.9 Å². The largest absolute Gasteiger partial charge is 2.00 e. The molecule has 0 N–H and O–H groups in total. The van der Waals surface area contributed by atoms with Gasteiger partial charge in [0.05, 0.1) is 0 Å². The third-order valence-corrected chi connectivity index (χ3v) is 10.0. The number of nitrogens with zero attached hydrogens (tertiary/aromatic N) is 8. The van der Waals surface area contributed by atoms with Gasteiger partial charge in [-0.3, -0.25) is 0 Å². The zero-order valence-electron chi connectivity index (χ0n) is 32.9. The van der Waals surface area contributed by atoms with Crippen molar-refractivity contribution in [2.24, 2.45) is 0 Å². The number of hydrogen-bond donors (Lipinski definition) is 0. The number of hydrogen-bond acceptors (Lipinski definition) is 7. The molecule has 0 atom stereocenters. The van der Waals surface area contributed by atoms with Crippen molar-refractivity contribution in [3.63, 3.8) is 0 Å². The van der Waals surface area contributed by atoms with Gasteiger partial charge in [0.2, 0.25) is 5.95 Å². The Labute approximate surface area is 382 Å². The second-order valence-corrected chi connectivity index (χ2v) is 13.9. The van der Waals surface area contributed by atoms with Crippen molar-refractivity contribution in [1.29, 1.82) is 0 Å². The van der Waals surface area contributed by atoms with Crippen molar-refractivity contribution in [2.45, 2.75) is 13.8 Å². The smallest absolute Gasteiger partial charge is 0.352 e. The molecule has 4 aromatic heterocycles. The van der Waals surface area contributed by atoms with Crippen LogP contribution in [-0.2, 0) is 41.5 Å². The van der Waals surface area contributed by atoms with Gasteiger partial charge in [-0.05, 0) is 73.0 Å². The first-order valence-electron chi connectivity index (χ1n) is 19.3. The summed E-state index contributed by atoms with van der Waals surface area (Å²) in [6.07, 6.45) is 3.60. The van der Waals surface area contributed by atoms with E-state index in [1.165, 1.54) is 0 Å². The summed E-state index contributed by atoms with van der Waals surface area (Å²) in [6.45, 7) is 3.78. The van der Waals surface area contributed by atoms with Gasteiger partial charge in [-0.15, -0.1) is 83.9 Å². The van der Waals surface area contributed by atoms with Crippen LogP contribution in [0.2, 0.25) is 0 Å². The van der Waals surface area contributed by atoms with Crippen LogP contribution >= 0.6 is 0 Å². The molecule has 0 fully saturated rings. The standard InChI is InChI=1S/C51H34N8.Pd.Pt/c1-35-54-36(2)56-51(55-35)59-49-33-43(57(39-17-5-3-6-18-39)41-21-13-15-37(31-41)47-23-9-11-29-52-47)25-27-45(49)46-28-26-44(34-50(46)59)58(40-19-7-4-8-20-40)42-22-14-16-38(32-42)48-24-10-12-30-53-48;;/h3-30H,1-2H3;;/q-4;2*+2. The van der Waals surface area contributed by atoms with Crippen molar-refractivity contribution < 1.29 is 41.5 Å². The molecule has 6 aromatic carbocycles. The Kier molecular flexibility index (Phi) is 12.1. The molecule has 0 radical (unpaired) electrons. The van der Waals surface area contributed by atoms with Crippen molar-refractivity contribution in [2.75, 3.05) is 9.80 Å². The summed E-state index contributed by atoms with van der Waals surface area (Å²) in [7, 11) is 0. The second kappa shape index (κ2) is 17.9. The molecule has 0 aliphatic rings. The summed E-state index contributed by atoms with van der Waals surface area (Å²) >= 11 is 0. The van der Waals surface area contributed by atoms with E-state index in [4.69, 9.17) is 9.97 Å². The fraction of sp³-hybridized carbons (Fsp3) is 0.0392. The van der Waals surface area contributed by atoms with Crippen LogP contribution in [0.25, 0.3) is 50.3 Å². The minimum Gasteiger partial charge on any atom is -0.352 e. The molecule has 0 aliphatic heterocycles. The van der Waals surface area contributed by atoms with Crippen LogP contribution in [0, 0.1) is 38.1 Å². The van der Waals surface area contributed by atoms with Gasteiger partial charge in [0.1, 0.15) is 11.6 Å². The van der Waals surface area contributed by atoms with Gasteiger partial charge in [0.15, 0.2) is 0 Å². The van der Waals surface area contributed by atoms with Gasteiger partial charge in [-0.25, -0.2) is 4.98 Å². The van der Waals surface area contributed by atoms with E-state index in [1.807, 2.05) is 115 Å². The number of pyridine rings is 2. The molecule has 10 rings (SSSR count). The third kappa shape index (κ3) is 8.16. The Hall–Kier alpha value is -6.62. The molecule has 0 spiro atoms. The Morgan fingerprint density at radius 2 is 0.852 bits per heavy atom. The van der Waals surface area contributed by atoms with Gasteiger partial charge in [-0.1, -0.05) is 83.1 Å². The maximum absolute atomic E-state index is 4.90. The van der Waals surface area contributed by atoms with Crippen LogP contribution in [0.3, 0.4) is 0 Å². The predicted octanol–water partition coefficient (Wildman–Crippen LogP) is 11.8. The van der Waals surface area contributed by atoms with Crippen LogP contribution in [-0.4, -0.2) is 29.5 Å². The second-order valence-electron chi connectivity index (χ2n) is 13.9. The SMILES string of the molecule is Cc1nc(C)nc(-n2c3[c-]c(N(c4[c-]c(-c5ccccn5)ccc4)c4ccccc4)ccc3c3ccc(N(c4[c-]c(-c5ccccn5)ccc4)c4ccccc4)[c-]c32)n1.[Pd+2].[Pt+2]. The summed E-state index contributed by atoms with van der Waals surface area (Å²) in [5.74, 6) is 1.73. The summed E-state index contributed by atoms with van der Waals surface area (Å²) in [4.78, 5) is 27.9. The third-order valence-electron chi connectivity index (χ3n) is 10.0. The fourth-order valence-corrected chi connectivity index (χ4v) is 7.49. The van der Waals surface area contributed by atoms with E-state index in [-0.39, 0.29) is 41.5 Å². The van der Waals surface area contributed by atoms with E-state index in [0.717, 1.165) is 78.4 Å². The molecular weight excluding hydrogens is 1030 g/mol. The molecular formula is C51H34N8PdPt. The van der Waals surface area contributed by atoms with Crippen molar-refractivity contribution in [3.8, 4) is 28.5 Å². The van der Waals surface area contributed by atoms with Gasteiger partial charge >= 0.3 is 41.5 Å². The molecule has 0 saturated heterocycles. The zero-order chi connectivity index (χ0) is 39.7. The first-order chi connectivity index (χ1) is 29.1. The van der Waals surface area contributed by atoms with E-state index in [2.05, 4.69) is 110 Å². The molecule has 0 bridgehead atoms. The quantitative estimate of drug-likeness (QED) is 0.105. The minimum absolute atomic E-state index is 0. The van der Waals surface area contributed by atoms with Crippen LogP contribution in [0.4, 0.5) is 34.1 Å². The number of para-hydroxylation sites is 2. The van der Waals surface area contributed by atoms with Crippen molar-refractivity contribution >= 4 is 55.9 Å². The molecule has 61 heavy (non-hydrogen) atoms. The number of aryl methyl sites for hydroxylation is 2. The minimum atomic E-state index is 0.